The van der Waals surface area contributed by atoms with Crippen molar-refractivity contribution in [1.29, 1.82) is 0 Å². The maximum absolute atomic E-state index is 4.18. The number of fused-ring (bicyclic) bond motifs is 2. The Bertz CT molecular complexity index is 510. The summed E-state index contributed by atoms with van der Waals surface area (Å²) in [5, 5.41) is 4.18. The molecule has 0 radical (unpaired) electrons. The Morgan fingerprint density at radius 3 is 2.12 bits per heavy atom. The highest BCUT2D eigenvalue weighted by molar-refractivity contribution is 5.09. The molecule has 26 heavy (non-hydrogen) atoms. The van der Waals surface area contributed by atoms with E-state index in [2.05, 4.69) is 51.8 Å². The molecule has 7 unspecified atom stereocenters. The Balaban J connectivity index is 1.66. The van der Waals surface area contributed by atoms with Crippen molar-refractivity contribution in [3.63, 3.8) is 0 Å². The van der Waals surface area contributed by atoms with E-state index in [-0.39, 0.29) is 0 Å². The van der Waals surface area contributed by atoms with Crippen molar-refractivity contribution >= 4 is 0 Å². The molecule has 150 valence electrons. The molecule has 2 aliphatic carbocycles. The summed E-state index contributed by atoms with van der Waals surface area (Å²) < 4.78 is 0. The highest BCUT2D eigenvalue weighted by Gasteiger charge is 2.53. The molecule has 2 heterocycles. The van der Waals surface area contributed by atoms with Crippen LogP contribution in [0.5, 0.6) is 0 Å². The topological polar surface area (TPSA) is 15.3 Å². The summed E-state index contributed by atoms with van der Waals surface area (Å²) >= 11 is 0. The van der Waals surface area contributed by atoms with Gasteiger partial charge in [0.1, 0.15) is 0 Å². The van der Waals surface area contributed by atoms with Gasteiger partial charge in [-0.1, -0.05) is 33.1 Å². The molecule has 0 aromatic heterocycles. The van der Waals surface area contributed by atoms with Crippen molar-refractivity contribution in [2.45, 2.75) is 129 Å². The van der Waals surface area contributed by atoms with Crippen LogP contribution in [-0.4, -0.2) is 34.1 Å². The van der Waals surface area contributed by atoms with E-state index < -0.39 is 0 Å². The van der Waals surface area contributed by atoms with Crippen LogP contribution in [0.4, 0.5) is 0 Å². The van der Waals surface area contributed by atoms with Crippen LogP contribution in [0.25, 0.3) is 0 Å². The van der Waals surface area contributed by atoms with Gasteiger partial charge in [0.25, 0.3) is 0 Å². The predicted octanol–water partition coefficient (Wildman–Crippen LogP) is 5.61. The second kappa shape index (κ2) is 6.76. The molecule has 2 heteroatoms. The Morgan fingerprint density at radius 1 is 0.731 bits per heavy atom. The maximum Gasteiger partial charge on any atom is 0.0260 e. The normalized spacial score (nSPS) is 48.5. The highest BCUT2D eigenvalue weighted by atomic mass is 15.3. The van der Waals surface area contributed by atoms with Crippen LogP contribution >= 0.6 is 0 Å². The number of hydrogen-bond donors (Lipinski definition) is 1. The van der Waals surface area contributed by atoms with E-state index >= 15 is 0 Å². The van der Waals surface area contributed by atoms with Gasteiger partial charge in [0.15, 0.2) is 0 Å². The molecule has 2 saturated heterocycles. The molecule has 1 N–H and O–H groups in total. The highest BCUT2D eigenvalue weighted by Crippen LogP contribution is 2.50. The zero-order chi connectivity index (χ0) is 18.7. The molecule has 2 nitrogen and oxygen atoms in total. The van der Waals surface area contributed by atoms with Crippen molar-refractivity contribution < 1.29 is 0 Å². The van der Waals surface area contributed by atoms with Gasteiger partial charge in [0, 0.05) is 29.2 Å². The minimum Gasteiger partial charge on any atom is -0.307 e. The van der Waals surface area contributed by atoms with Gasteiger partial charge in [0.2, 0.25) is 0 Å². The third-order valence-electron chi connectivity index (χ3n) is 8.78. The minimum absolute atomic E-state index is 0.301. The summed E-state index contributed by atoms with van der Waals surface area (Å²) in [7, 11) is 0. The summed E-state index contributed by atoms with van der Waals surface area (Å²) in [4.78, 5) is 3.09. The number of rotatable bonds is 1. The summed E-state index contributed by atoms with van der Waals surface area (Å²) in [6.07, 6.45) is 12.9. The lowest BCUT2D eigenvalue weighted by atomic mass is 9.63. The molecule has 4 fully saturated rings. The first-order valence-electron chi connectivity index (χ1n) is 11.8. The molecule has 2 aliphatic heterocycles. The predicted molar refractivity (Wildman–Crippen MR) is 111 cm³/mol. The first-order chi connectivity index (χ1) is 12.2. The third-order valence-corrected chi connectivity index (χ3v) is 8.78. The van der Waals surface area contributed by atoms with Crippen LogP contribution in [0.2, 0.25) is 0 Å². The van der Waals surface area contributed by atoms with E-state index in [1.54, 1.807) is 0 Å². The molecule has 0 aromatic rings. The average molecular weight is 361 g/mol. The second-order valence-corrected chi connectivity index (χ2v) is 11.8. The summed E-state index contributed by atoms with van der Waals surface area (Å²) in [5.41, 5.74) is 0.659. The van der Waals surface area contributed by atoms with Crippen LogP contribution in [0.15, 0.2) is 0 Å². The SMILES string of the molecule is CC1CC(C)(C)NC2C1CCCC2N1C2CCCCC2C(C)CC1(C)C. The smallest absolute Gasteiger partial charge is 0.0260 e. The zero-order valence-corrected chi connectivity index (χ0v) is 18.4. The Morgan fingerprint density at radius 2 is 1.35 bits per heavy atom. The lowest BCUT2D eigenvalue weighted by molar-refractivity contribution is -0.116. The Labute approximate surface area is 162 Å². The monoisotopic (exact) mass is 360 g/mol. The van der Waals surface area contributed by atoms with E-state index in [1.165, 1.54) is 57.8 Å². The van der Waals surface area contributed by atoms with Crippen LogP contribution in [-0.2, 0) is 0 Å². The van der Waals surface area contributed by atoms with Gasteiger partial charge in [-0.3, -0.25) is 4.90 Å². The van der Waals surface area contributed by atoms with Crippen LogP contribution < -0.4 is 5.32 Å². The van der Waals surface area contributed by atoms with Crippen LogP contribution in [0.1, 0.15) is 99.3 Å². The molecule has 0 amide bonds. The van der Waals surface area contributed by atoms with Gasteiger partial charge in [-0.05, 0) is 89.9 Å². The van der Waals surface area contributed by atoms with E-state index in [4.69, 9.17) is 0 Å². The van der Waals surface area contributed by atoms with E-state index in [9.17, 15) is 0 Å². The standard InChI is InChI=1S/C24H44N2/c1-16-14-23(3,4)25-22-19(16)11-9-13-21(22)26-20-12-8-7-10-18(20)17(2)15-24(26,5)6/h16-22,25H,7-15H2,1-6H3. The van der Waals surface area contributed by atoms with Crippen LogP contribution in [0, 0.1) is 23.7 Å². The van der Waals surface area contributed by atoms with Gasteiger partial charge < -0.3 is 5.32 Å². The number of piperidine rings is 2. The minimum atomic E-state index is 0.301. The fraction of sp³-hybridized carbons (Fsp3) is 1.00. The summed E-state index contributed by atoms with van der Waals surface area (Å²) in [6.45, 7) is 15.1. The molecule has 4 aliphatic rings. The number of likely N-dealkylation sites (tertiary alicyclic amines) is 1. The fourth-order valence-corrected chi connectivity index (χ4v) is 8.16. The number of hydrogen-bond acceptors (Lipinski definition) is 2. The van der Waals surface area contributed by atoms with Crippen molar-refractivity contribution in [3.05, 3.63) is 0 Å². The summed E-state index contributed by atoms with van der Waals surface area (Å²) in [6, 6.07) is 2.30. The van der Waals surface area contributed by atoms with Crippen LogP contribution in [0.3, 0.4) is 0 Å². The van der Waals surface area contributed by atoms with Gasteiger partial charge in [-0.2, -0.15) is 0 Å². The number of nitrogens with zero attached hydrogens (tertiary/aromatic N) is 1. The van der Waals surface area contributed by atoms with E-state index in [1.807, 2.05) is 0 Å². The third kappa shape index (κ3) is 3.28. The molecule has 0 spiro atoms. The first-order valence-corrected chi connectivity index (χ1v) is 11.8. The van der Waals surface area contributed by atoms with E-state index in [0.29, 0.717) is 17.1 Å². The Kier molecular flexibility index (Phi) is 5.01. The lowest BCUT2D eigenvalue weighted by Crippen LogP contribution is -2.71. The molecule has 0 aromatic carbocycles. The summed E-state index contributed by atoms with van der Waals surface area (Å²) in [5.74, 6) is 3.61. The van der Waals surface area contributed by atoms with E-state index in [0.717, 1.165) is 35.8 Å². The molecule has 2 saturated carbocycles. The molecule has 0 bridgehead atoms. The lowest BCUT2D eigenvalue weighted by Gasteiger charge is -2.63. The Hall–Kier alpha value is -0.0800. The average Bonchev–Trinajstić information content (AvgIpc) is 2.54. The van der Waals surface area contributed by atoms with Crippen molar-refractivity contribution in [3.8, 4) is 0 Å². The molecule has 4 rings (SSSR count). The van der Waals surface area contributed by atoms with Crippen molar-refractivity contribution in [2.75, 3.05) is 0 Å². The van der Waals surface area contributed by atoms with Gasteiger partial charge in [0.05, 0.1) is 0 Å². The molecular weight excluding hydrogens is 316 g/mol. The fourth-order valence-electron chi connectivity index (χ4n) is 8.16. The van der Waals surface area contributed by atoms with Gasteiger partial charge >= 0.3 is 0 Å². The largest absolute Gasteiger partial charge is 0.307 e. The van der Waals surface area contributed by atoms with Gasteiger partial charge in [-0.15, -0.1) is 0 Å². The molecular formula is C24H44N2. The second-order valence-electron chi connectivity index (χ2n) is 11.8. The zero-order valence-electron chi connectivity index (χ0n) is 18.4. The van der Waals surface area contributed by atoms with Crippen molar-refractivity contribution in [2.24, 2.45) is 23.7 Å². The number of nitrogens with one attached hydrogen (secondary N) is 1. The van der Waals surface area contributed by atoms with Gasteiger partial charge in [-0.25, -0.2) is 0 Å². The molecule has 7 atom stereocenters. The maximum atomic E-state index is 4.18. The first kappa shape index (κ1) is 19.2. The van der Waals surface area contributed by atoms with Crippen molar-refractivity contribution in [1.82, 2.24) is 10.2 Å². The quantitative estimate of drug-likeness (QED) is 0.654.